The summed E-state index contributed by atoms with van der Waals surface area (Å²) in [7, 11) is 1.38. The number of methoxy groups -OCH3 is 1. The first kappa shape index (κ1) is 10.5. The molecule has 1 aromatic carbocycles. The van der Waals surface area contributed by atoms with E-state index in [1.807, 2.05) is 38.1 Å². The van der Waals surface area contributed by atoms with Gasteiger partial charge in [-0.3, -0.25) is 0 Å². The van der Waals surface area contributed by atoms with Gasteiger partial charge < -0.3 is 4.74 Å². The summed E-state index contributed by atoms with van der Waals surface area (Å²) in [5.41, 5.74) is 3.16. The first-order chi connectivity index (χ1) is 6.63. The lowest BCUT2D eigenvalue weighted by molar-refractivity contribution is -0.134. The fourth-order valence-corrected chi connectivity index (χ4v) is 1.14. The van der Waals surface area contributed by atoms with Crippen molar-refractivity contribution in [3.8, 4) is 0 Å². The average molecular weight is 190 g/mol. The van der Waals surface area contributed by atoms with Gasteiger partial charge in [0.2, 0.25) is 0 Å². The van der Waals surface area contributed by atoms with E-state index in [9.17, 15) is 4.79 Å². The summed E-state index contributed by atoms with van der Waals surface area (Å²) in [5, 5.41) is 0. The molecule has 2 nitrogen and oxygen atoms in total. The van der Waals surface area contributed by atoms with E-state index in [4.69, 9.17) is 0 Å². The summed E-state index contributed by atoms with van der Waals surface area (Å²) < 4.78 is 4.55. The van der Waals surface area contributed by atoms with Crippen LogP contribution in [0.3, 0.4) is 0 Å². The number of carbonyl (C=O) groups is 1. The maximum absolute atomic E-state index is 11.0. The number of rotatable bonds is 2. The fraction of sp³-hybridized carbons (Fsp3) is 0.250. The third-order valence-electron chi connectivity index (χ3n) is 2.04. The second-order valence-corrected chi connectivity index (χ2v) is 3.22. The Morgan fingerprint density at radius 1 is 1.29 bits per heavy atom. The van der Waals surface area contributed by atoms with Crippen molar-refractivity contribution >= 4 is 11.5 Å². The molecule has 1 aromatic rings. The van der Waals surface area contributed by atoms with E-state index in [0.29, 0.717) is 0 Å². The van der Waals surface area contributed by atoms with Gasteiger partial charge in [-0.2, -0.15) is 0 Å². The van der Waals surface area contributed by atoms with Crippen LogP contribution in [0.25, 0.3) is 5.57 Å². The molecule has 0 bridgehead atoms. The number of allylic oxidation sites excluding steroid dienone is 1. The van der Waals surface area contributed by atoms with Crippen LogP contribution in [0.1, 0.15) is 18.1 Å². The SMILES string of the molecule is COC(=O)/C=C(\C)c1ccc(C)cc1. The molecule has 0 spiro atoms. The minimum absolute atomic E-state index is 0.317. The first-order valence-electron chi connectivity index (χ1n) is 4.47. The zero-order valence-corrected chi connectivity index (χ0v) is 8.70. The monoisotopic (exact) mass is 190 g/mol. The number of carbonyl (C=O) groups excluding carboxylic acids is 1. The molecule has 0 saturated heterocycles. The number of hydrogen-bond donors (Lipinski definition) is 0. The van der Waals surface area contributed by atoms with E-state index in [1.54, 1.807) is 0 Å². The Morgan fingerprint density at radius 3 is 2.36 bits per heavy atom. The number of esters is 1. The average Bonchev–Trinajstić information content (AvgIpc) is 2.18. The Balaban J connectivity index is 2.89. The molecule has 0 unspecified atom stereocenters. The molecule has 0 aromatic heterocycles. The summed E-state index contributed by atoms with van der Waals surface area (Å²) in [6, 6.07) is 8.02. The molecular formula is C12H14O2. The Hall–Kier alpha value is -1.57. The van der Waals surface area contributed by atoms with Crippen molar-refractivity contribution < 1.29 is 9.53 Å². The molecule has 0 aliphatic rings. The second kappa shape index (κ2) is 4.61. The Morgan fingerprint density at radius 2 is 1.86 bits per heavy atom. The van der Waals surface area contributed by atoms with Crippen LogP contribution >= 0.6 is 0 Å². The zero-order valence-electron chi connectivity index (χ0n) is 8.70. The predicted molar refractivity (Wildman–Crippen MR) is 56.8 cm³/mol. The van der Waals surface area contributed by atoms with Crippen molar-refractivity contribution in [3.05, 3.63) is 41.5 Å². The molecule has 1 rings (SSSR count). The van der Waals surface area contributed by atoms with Gasteiger partial charge in [0, 0.05) is 6.08 Å². The van der Waals surface area contributed by atoms with Crippen molar-refractivity contribution in [2.75, 3.05) is 7.11 Å². The Bertz CT molecular complexity index is 347. The van der Waals surface area contributed by atoms with Gasteiger partial charge >= 0.3 is 5.97 Å². The smallest absolute Gasteiger partial charge is 0.330 e. The van der Waals surface area contributed by atoms with Crippen molar-refractivity contribution in [1.29, 1.82) is 0 Å². The van der Waals surface area contributed by atoms with Crippen LogP contribution in [0.4, 0.5) is 0 Å². The van der Waals surface area contributed by atoms with Gasteiger partial charge in [-0.25, -0.2) is 4.79 Å². The van der Waals surface area contributed by atoms with Crippen LogP contribution in [-0.4, -0.2) is 13.1 Å². The molecule has 74 valence electrons. The molecule has 2 heteroatoms. The summed E-state index contributed by atoms with van der Waals surface area (Å²) in [4.78, 5) is 11.0. The molecule has 0 saturated carbocycles. The van der Waals surface area contributed by atoms with Crippen LogP contribution < -0.4 is 0 Å². The Kier molecular flexibility index (Phi) is 3.46. The van der Waals surface area contributed by atoms with Gasteiger partial charge in [0.05, 0.1) is 7.11 Å². The van der Waals surface area contributed by atoms with E-state index in [2.05, 4.69) is 4.74 Å². The quantitative estimate of drug-likeness (QED) is 0.529. The van der Waals surface area contributed by atoms with E-state index in [-0.39, 0.29) is 5.97 Å². The molecule has 0 fully saturated rings. The number of ether oxygens (including phenoxy) is 1. The number of benzene rings is 1. The maximum Gasteiger partial charge on any atom is 0.330 e. The third-order valence-corrected chi connectivity index (χ3v) is 2.04. The summed E-state index contributed by atoms with van der Waals surface area (Å²) in [6.45, 7) is 3.92. The van der Waals surface area contributed by atoms with E-state index in [1.165, 1.54) is 18.7 Å². The standard InChI is InChI=1S/C12H14O2/c1-9-4-6-11(7-5-9)10(2)8-12(13)14-3/h4-8H,1-3H3/b10-8+. The van der Waals surface area contributed by atoms with Crippen molar-refractivity contribution in [2.45, 2.75) is 13.8 Å². The zero-order chi connectivity index (χ0) is 10.6. The highest BCUT2D eigenvalue weighted by Gasteiger charge is 1.99. The molecule has 0 amide bonds. The number of hydrogen-bond acceptors (Lipinski definition) is 2. The van der Waals surface area contributed by atoms with Crippen LogP contribution in [0, 0.1) is 6.92 Å². The topological polar surface area (TPSA) is 26.3 Å². The molecule has 0 N–H and O–H groups in total. The minimum Gasteiger partial charge on any atom is -0.466 e. The molecule has 0 radical (unpaired) electrons. The van der Waals surface area contributed by atoms with Gasteiger partial charge in [0.15, 0.2) is 0 Å². The van der Waals surface area contributed by atoms with E-state index in [0.717, 1.165) is 11.1 Å². The highest BCUT2D eigenvalue weighted by Crippen LogP contribution is 2.14. The van der Waals surface area contributed by atoms with Gasteiger partial charge in [0.1, 0.15) is 0 Å². The normalized spacial score (nSPS) is 11.2. The Labute approximate surface area is 84.2 Å². The molecule has 0 heterocycles. The van der Waals surface area contributed by atoms with Crippen LogP contribution in [0.5, 0.6) is 0 Å². The first-order valence-corrected chi connectivity index (χ1v) is 4.47. The van der Waals surface area contributed by atoms with Crippen molar-refractivity contribution in [3.63, 3.8) is 0 Å². The summed E-state index contributed by atoms with van der Waals surface area (Å²) >= 11 is 0. The van der Waals surface area contributed by atoms with E-state index >= 15 is 0 Å². The van der Waals surface area contributed by atoms with Crippen LogP contribution in [0.2, 0.25) is 0 Å². The molecule has 0 aliphatic carbocycles. The van der Waals surface area contributed by atoms with Crippen LogP contribution in [0.15, 0.2) is 30.3 Å². The van der Waals surface area contributed by atoms with Gasteiger partial charge in [-0.1, -0.05) is 29.8 Å². The minimum atomic E-state index is -0.317. The predicted octanol–water partition coefficient (Wildman–Crippen LogP) is 2.57. The van der Waals surface area contributed by atoms with E-state index < -0.39 is 0 Å². The van der Waals surface area contributed by atoms with Gasteiger partial charge in [0.25, 0.3) is 0 Å². The lowest BCUT2D eigenvalue weighted by Gasteiger charge is -2.01. The summed E-state index contributed by atoms with van der Waals surface area (Å²) in [5.74, 6) is -0.317. The molecular weight excluding hydrogens is 176 g/mol. The maximum atomic E-state index is 11.0. The lowest BCUT2D eigenvalue weighted by atomic mass is 10.1. The molecule has 0 atom stereocenters. The van der Waals surface area contributed by atoms with Crippen LogP contribution in [-0.2, 0) is 9.53 Å². The number of aryl methyl sites for hydroxylation is 1. The molecule has 0 aliphatic heterocycles. The highest BCUT2D eigenvalue weighted by molar-refractivity contribution is 5.90. The lowest BCUT2D eigenvalue weighted by Crippen LogP contribution is -1.95. The van der Waals surface area contributed by atoms with Gasteiger partial charge in [-0.05, 0) is 25.0 Å². The third kappa shape index (κ3) is 2.73. The second-order valence-electron chi connectivity index (χ2n) is 3.22. The largest absolute Gasteiger partial charge is 0.466 e. The highest BCUT2D eigenvalue weighted by atomic mass is 16.5. The van der Waals surface area contributed by atoms with Gasteiger partial charge in [-0.15, -0.1) is 0 Å². The fourth-order valence-electron chi connectivity index (χ4n) is 1.14. The van der Waals surface area contributed by atoms with Crippen molar-refractivity contribution in [2.24, 2.45) is 0 Å². The summed E-state index contributed by atoms with van der Waals surface area (Å²) in [6.07, 6.45) is 1.49. The van der Waals surface area contributed by atoms with Crippen molar-refractivity contribution in [1.82, 2.24) is 0 Å². The molecule has 14 heavy (non-hydrogen) atoms.